The Bertz CT molecular complexity index is 577. The minimum atomic E-state index is -0.152. The van der Waals surface area contributed by atoms with Crippen molar-refractivity contribution in [3.8, 4) is 0 Å². The number of aliphatic hydroxyl groups is 1. The van der Waals surface area contributed by atoms with Gasteiger partial charge in [-0.25, -0.2) is 0 Å². The number of nitrogens with one attached hydrogen (secondary N) is 2. The number of anilines is 1. The quantitative estimate of drug-likeness (QED) is 0.615. The maximum Gasteiger partial charge on any atom is 0.267 e. The molecule has 5 nitrogen and oxygen atoms in total. The molecule has 0 aliphatic heterocycles. The Kier molecular flexibility index (Phi) is 4.06. The van der Waals surface area contributed by atoms with Crippen molar-refractivity contribution in [2.24, 2.45) is 5.92 Å². The van der Waals surface area contributed by atoms with Gasteiger partial charge in [0.1, 0.15) is 5.69 Å². The molecule has 0 bridgehead atoms. The van der Waals surface area contributed by atoms with E-state index in [1.54, 1.807) is 12.1 Å². The fraction of sp³-hybridized carbons (Fsp3) is 0.357. The lowest BCUT2D eigenvalue weighted by molar-refractivity contribution is 0.0941. The number of rotatable bonds is 5. The fourth-order valence-corrected chi connectivity index (χ4v) is 1.99. The number of nitrogen functional groups attached to an aromatic ring is 1. The molecule has 102 valence electrons. The third-order valence-corrected chi connectivity index (χ3v) is 3.17. The summed E-state index contributed by atoms with van der Waals surface area (Å²) in [6.45, 7) is 2.67. The summed E-state index contributed by atoms with van der Waals surface area (Å²) >= 11 is 0. The first-order valence-electron chi connectivity index (χ1n) is 6.38. The number of hydrogen-bond acceptors (Lipinski definition) is 3. The van der Waals surface area contributed by atoms with Crippen LogP contribution in [0, 0.1) is 5.92 Å². The second-order valence-corrected chi connectivity index (χ2v) is 4.82. The first-order valence-corrected chi connectivity index (χ1v) is 6.38. The highest BCUT2D eigenvalue weighted by atomic mass is 16.3. The van der Waals surface area contributed by atoms with Crippen LogP contribution in [0.15, 0.2) is 24.3 Å². The summed E-state index contributed by atoms with van der Waals surface area (Å²) in [5, 5.41) is 12.6. The van der Waals surface area contributed by atoms with Gasteiger partial charge < -0.3 is 21.1 Å². The molecule has 5 N–H and O–H groups in total. The molecule has 1 amide bonds. The Morgan fingerprint density at radius 3 is 3.00 bits per heavy atom. The van der Waals surface area contributed by atoms with Crippen LogP contribution in [0.5, 0.6) is 0 Å². The number of hydrogen-bond donors (Lipinski definition) is 4. The maximum absolute atomic E-state index is 12.0. The van der Waals surface area contributed by atoms with E-state index in [0.29, 0.717) is 24.3 Å². The number of carbonyl (C=O) groups excluding carboxylic acids is 1. The number of aromatic amines is 1. The van der Waals surface area contributed by atoms with Crippen LogP contribution < -0.4 is 11.1 Å². The number of para-hydroxylation sites is 1. The van der Waals surface area contributed by atoms with Crippen LogP contribution in [0.4, 0.5) is 5.69 Å². The second kappa shape index (κ2) is 5.75. The van der Waals surface area contributed by atoms with Gasteiger partial charge in [0.2, 0.25) is 0 Å². The van der Waals surface area contributed by atoms with Crippen LogP contribution in [0.1, 0.15) is 23.8 Å². The fourth-order valence-electron chi connectivity index (χ4n) is 1.99. The normalized spacial score (nSPS) is 12.5. The molecule has 1 atom stereocenters. The monoisotopic (exact) mass is 261 g/mol. The van der Waals surface area contributed by atoms with Crippen LogP contribution in [-0.2, 0) is 0 Å². The Morgan fingerprint density at radius 1 is 1.53 bits per heavy atom. The van der Waals surface area contributed by atoms with Gasteiger partial charge in [0.25, 0.3) is 5.91 Å². The van der Waals surface area contributed by atoms with Crippen molar-refractivity contribution in [1.29, 1.82) is 0 Å². The average Bonchev–Trinajstić information content (AvgIpc) is 2.82. The van der Waals surface area contributed by atoms with Crippen molar-refractivity contribution in [3.63, 3.8) is 0 Å². The summed E-state index contributed by atoms with van der Waals surface area (Å²) in [6.07, 6.45) is 0.680. The van der Waals surface area contributed by atoms with Crippen molar-refractivity contribution in [1.82, 2.24) is 10.3 Å². The lowest BCUT2D eigenvalue weighted by Gasteiger charge is -2.10. The largest absolute Gasteiger partial charge is 0.397 e. The molecule has 0 spiro atoms. The Labute approximate surface area is 111 Å². The smallest absolute Gasteiger partial charge is 0.267 e. The molecule has 0 aliphatic rings. The molecule has 1 heterocycles. The molecule has 0 aliphatic carbocycles. The first kappa shape index (κ1) is 13.4. The van der Waals surface area contributed by atoms with Crippen LogP contribution in [0.3, 0.4) is 0 Å². The van der Waals surface area contributed by atoms with Gasteiger partial charge in [0.15, 0.2) is 0 Å². The van der Waals surface area contributed by atoms with Crippen molar-refractivity contribution in [3.05, 3.63) is 30.0 Å². The summed E-state index contributed by atoms with van der Waals surface area (Å²) in [6, 6.07) is 7.35. The second-order valence-electron chi connectivity index (χ2n) is 4.82. The molecule has 2 aromatic rings. The summed E-state index contributed by atoms with van der Waals surface area (Å²) in [4.78, 5) is 15.0. The van der Waals surface area contributed by atoms with Crippen LogP contribution in [-0.4, -0.2) is 29.1 Å². The lowest BCUT2D eigenvalue weighted by atomic mass is 10.1. The highest BCUT2D eigenvalue weighted by Crippen LogP contribution is 2.20. The summed E-state index contributed by atoms with van der Waals surface area (Å²) < 4.78 is 0. The number of benzene rings is 1. The van der Waals surface area contributed by atoms with Gasteiger partial charge in [-0.05, 0) is 24.5 Å². The van der Waals surface area contributed by atoms with Gasteiger partial charge in [0.05, 0.1) is 11.2 Å². The number of amides is 1. The van der Waals surface area contributed by atoms with Gasteiger partial charge in [-0.3, -0.25) is 4.79 Å². The standard InChI is InChI=1S/C14H19N3O2/c1-9(5-6-18)8-16-14(19)12-7-10-3-2-4-11(15)13(10)17-12/h2-4,7,9,17-18H,5-6,8,15H2,1H3,(H,16,19). The summed E-state index contributed by atoms with van der Waals surface area (Å²) in [5.74, 6) is 0.101. The minimum Gasteiger partial charge on any atom is -0.397 e. The number of nitrogens with two attached hydrogens (primary N) is 1. The SMILES string of the molecule is CC(CCO)CNC(=O)c1cc2cccc(N)c2[nH]1. The molecule has 1 unspecified atom stereocenters. The number of carbonyl (C=O) groups is 1. The minimum absolute atomic E-state index is 0.139. The molecule has 0 saturated carbocycles. The third-order valence-electron chi connectivity index (χ3n) is 3.17. The zero-order chi connectivity index (χ0) is 13.8. The Morgan fingerprint density at radius 2 is 2.32 bits per heavy atom. The van der Waals surface area contributed by atoms with Crippen LogP contribution in [0.25, 0.3) is 10.9 Å². The molecular weight excluding hydrogens is 242 g/mol. The van der Waals surface area contributed by atoms with E-state index in [1.165, 1.54) is 0 Å². The van der Waals surface area contributed by atoms with E-state index in [2.05, 4.69) is 10.3 Å². The van der Waals surface area contributed by atoms with E-state index in [1.807, 2.05) is 19.1 Å². The molecule has 0 fully saturated rings. The number of aliphatic hydroxyl groups excluding tert-OH is 1. The first-order chi connectivity index (χ1) is 9.11. The van der Waals surface area contributed by atoms with E-state index >= 15 is 0 Å². The molecule has 2 rings (SSSR count). The van der Waals surface area contributed by atoms with E-state index < -0.39 is 0 Å². The molecular formula is C14H19N3O2. The van der Waals surface area contributed by atoms with Gasteiger partial charge >= 0.3 is 0 Å². The van der Waals surface area contributed by atoms with E-state index in [0.717, 1.165) is 10.9 Å². The highest BCUT2D eigenvalue weighted by molar-refractivity contribution is 6.00. The zero-order valence-corrected chi connectivity index (χ0v) is 10.9. The van der Waals surface area contributed by atoms with E-state index in [4.69, 9.17) is 10.8 Å². The van der Waals surface area contributed by atoms with Gasteiger partial charge in [-0.2, -0.15) is 0 Å². The molecule has 1 aromatic heterocycles. The summed E-state index contributed by atoms with van der Waals surface area (Å²) in [5.41, 5.74) is 7.76. The van der Waals surface area contributed by atoms with Crippen LogP contribution in [0.2, 0.25) is 0 Å². The highest BCUT2D eigenvalue weighted by Gasteiger charge is 2.11. The predicted molar refractivity (Wildman–Crippen MR) is 75.9 cm³/mol. The van der Waals surface area contributed by atoms with Gasteiger partial charge in [-0.15, -0.1) is 0 Å². The lowest BCUT2D eigenvalue weighted by Crippen LogP contribution is -2.28. The molecule has 0 saturated heterocycles. The predicted octanol–water partition coefficient (Wildman–Crippen LogP) is 1.50. The van der Waals surface area contributed by atoms with E-state index in [-0.39, 0.29) is 18.4 Å². The van der Waals surface area contributed by atoms with E-state index in [9.17, 15) is 4.79 Å². The van der Waals surface area contributed by atoms with Gasteiger partial charge in [-0.1, -0.05) is 19.1 Å². The third kappa shape index (κ3) is 3.06. The number of fused-ring (bicyclic) bond motifs is 1. The van der Waals surface area contributed by atoms with Crippen molar-refractivity contribution >= 4 is 22.5 Å². The Hall–Kier alpha value is -2.01. The molecule has 19 heavy (non-hydrogen) atoms. The zero-order valence-electron chi connectivity index (χ0n) is 10.9. The van der Waals surface area contributed by atoms with Gasteiger partial charge in [0, 0.05) is 18.5 Å². The summed E-state index contributed by atoms with van der Waals surface area (Å²) in [7, 11) is 0. The maximum atomic E-state index is 12.0. The topological polar surface area (TPSA) is 91.1 Å². The number of H-pyrrole nitrogens is 1. The molecule has 5 heteroatoms. The number of aromatic nitrogens is 1. The van der Waals surface area contributed by atoms with Crippen molar-refractivity contribution < 1.29 is 9.90 Å². The molecule has 0 radical (unpaired) electrons. The Balaban J connectivity index is 2.07. The van der Waals surface area contributed by atoms with Crippen molar-refractivity contribution in [2.45, 2.75) is 13.3 Å². The van der Waals surface area contributed by atoms with Crippen LogP contribution >= 0.6 is 0 Å². The molecule has 1 aromatic carbocycles. The average molecular weight is 261 g/mol. The van der Waals surface area contributed by atoms with Crippen molar-refractivity contribution in [2.75, 3.05) is 18.9 Å².